The quantitative estimate of drug-likeness (QED) is 0.586. The van der Waals surface area contributed by atoms with Crippen molar-refractivity contribution in [1.82, 2.24) is 0 Å². The van der Waals surface area contributed by atoms with Gasteiger partial charge in [0.2, 0.25) is 0 Å². The predicted molar refractivity (Wildman–Crippen MR) is 58.9 cm³/mol. The fourth-order valence-corrected chi connectivity index (χ4v) is 2.35. The molecule has 1 heterocycles. The minimum absolute atomic E-state index is 0.161. The van der Waals surface area contributed by atoms with Crippen LogP contribution in [0, 0.1) is 8.70 Å². The zero-order valence-electron chi connectivity index (χ0n) is 5.97. The molecular formula is C8H5FINS. The van der Waals surface area contributed by atoms with E-state index < -0.39 is 0 Å². The second-order valence-corrected chi connectivity index (χ2v) is 4.66. The first-order chi connectivity index (χ1) is 5.66. The first kappa shape index (κ1) is 8.25. The lowest BCUT2D eigenvalue weighted by atomic mass is 10.2. The molecule has 0 amide bonds. The van der Waals surface area contributed by atoms with Crippen LogP contribution in [0.15, 0.2) is 18.2 Å². The van der Waals surface area contributed by atoms with Gasteiger partial charge in [-0.2, -0.15) is 4.39 Å². The lowest BCUT2D eigenvalue weighted by molar-refractivity contribution is 0.658. The molecule has 1 aromatic heterocycles. The van der Waals surface area contributed by atoms with Gasteiger partial charge in [-0.3, -0.25) is 0 Å². The molecule has 0 saturated carbocycles. The van der Waals surface area contributed by atoms with Crippen molar-refractivity contribution in [3.63, 3.8) is 0 Å². The number of halogens is 2. The topological polar surface area (TPSA) is 26.0 Å². The van der Waals surface area contributed by atoms with E-state index in [0.717, 1.165) is 25.0 Å². The fourth-order valence-electron chi connectivity index (χ4n) is 1.04. The van der Waals surface area contributed by atoms with E-state index in [4.69, 9.17) is 5.73 Å². The molecule has 0 saturated heterocycles. The number of nitrogens with two attached hydrogens (primary N) is 1. The van der Waals surface area contributed by atoms with Gasteiger partial charge in [0.1, 0.15) is 0 Å². The predicted octanol–water partition coefficient (Wildman–Crippen LogP) is 3.23. The Balaban J connectivity index is 2.83. The summed E-state index contributed by atoms with van der Waals surface area (Å²) >= 11 is 3.26. The normalized spacial score (nSPS) is 10.8. The van der Waals surface area contributed by atoms with Gasteiger partial charge in [0, 0.05) is 14.0 Å². The molecule has 0 radical (unpaired) electrons. The molecule has 2 aromatic rings. The molecule has 2 N–H and O–H groups in total. The number of anilines is 1. The number of hydrogen-bond donors (Lipinski definition) is 1. The number of fused-ring (bicyclic) bond motifs is 1. The third-order valence-electron chi connectivity index (χ3n) is 1.61. The molecule has 12 heavy (non-hydrogen) atoms. The Kier molecular flexibility index (Phi) is 1.96. The highest BCUT2D eigenvalue weighted by Crippen LogP contribution is 2.29. The molecule has 0 atom stereocenters. The largest absolute Gasteiger partial charge is 0.398 e. The molecule has 1 aromatic carbocycles. The highest BCUT2D eigenvalue weighted by molar-refractivity contribution is 14.1. The van der Waals surface area contributed by atoms with Gasteiger partial charge in [-0.15, -0.1) is 11.3 Å². The van der Waals surface area contributed by atoms with Crippen LogP contribution in [-0.2, 0) is 0 Å². The maximum atomic E-state index is 12.8. The lowest BCUT2D eigenvalue weighted by Crippen LogP contribution is -1.86. The molecule has 1 nitrogen and oxygen atoms in total. The van der Waals surface area contributed by atoms with E-state index in [-0.39, 0.29) is 5.13 Å². The smallest absolute Gasteiger partial charge is 0.177 e. The summed E-state index contributed by atoms with van der Waals surface area (Å²) in [6.07, 6.45) is 0. The van der Waals surface area contributed by atoms with Crippen molar-refractivity contribution in [2.45, 2.75) is 0 Å². The molecule has 0 aliphatic heterocycles. The van der Waals surface area contributed by atoms with E-state index in [0.29, 0.717) is 5.69 Å². The highest BCUT2D eigenvalue weighted by atomic mass is 127. The maximum absolute atomic E-state index is 12.8. The van der Waals surface area contributed by atoms with Crippen LogP contribution in [0.3, 0.4) is 0 Å². The van der Waals surface area contributed by atoms with E-state index in [1.54, 1.807) is 0 Å². The summed E-state index contributed by atoms with van der Waals surface area (Å²) in [6.45, 7) is 0. The summed E-state index contributed by atoms with van der Waals surface area (Å²) in [6, 6.07) is 5.23. The maximum Gasteiger partial charge on any atom is 0.177 e. The summed E-state index contributed by atoms with van der Waals surface area (Å²) in [5.41, 5.74) is 6.38. The SMILES string of the molecule is Nc1cc2sc(F)cc2cc1I. The first-order valence-electron chi connectivity index (χ1n) is 3.31. The van der Waals surface area contributed by atoms with Gasteiger partial charge < -0.3 is 5.73 Å². The molecule has 0 aliphatic rings. The Morgan fingerprint density at radius 3 is 2.83 bits per heavy atom. The molecule has 0 fully saturated rings. The average Bonchev–Trinajstić information content (AvgIpc) is 2.30. The Bertz CT molecular complexity index is 399. The molecule has 0 unspecified atom stereocenters. The number of hydrogen-bond acceptors (Lipinski definition) is 2. The van der Waals surface area contributed by atoms with Gasteiger partial charge in [0.25, 0.3) is 0 Å². The minimum atomic E-state index is -0.161. The highest BCUT2D eigenvalue weighted by Gasteiger charge is 2.03. The second kappa shape index (κ2) is 2.85. The minimum Gasteiger partial charge on any atom is -0.398 e. The summed E-state index contributed by atoms with van der Waals surface area (Å²) in [7, 11) is 0. The summed E-state index contributed by atoms with van der Waals surface area (Å²) in [5.74, 6) is 0. The molecule has 0 bridgehead atoms. The van der Waals surface area contributed by atoms with E-state index in [1.807, 2.05) is 12.1 Å². The Morgan fingerprint density at radius 1 is 1.33 bits per heavy atom. The van der Waals surface area contributed by atoms with Crippen LogP contribution in [0.2, 0.25) is 0 Å². The molecule has 2 rings (SSSR count). The molecule has 62 valence electrons. The van der Waals surface area contributed by atoms with Crippen molar-refractivity contribution in [3.05, 3.63) is 26.9 Å². The van der Waals surface area contributed by atoms with Crippen molar-refractivity contribution in [1.29, 1.82) is 0 Å². The Hall–Kier alpha value is -0.360. The average molecular weight is 293 g/mol. The second-order valence-electron chi connectivity index (χ2n) is 2.46. The van der Waals surface area contributed by atoms with Crippen molar-refractivity contribution in [2.24, 2.45) is 0 Å². The molecule has 0 spiro atoms. The number of rotatable bonds is 0. The third-order valence-corrected chi connectivity index (χ3v) is 3.43. The van der Waals surface area contributed by atoms with Gasteiger partial charge >= 0.3 is 0 Å². The van der Waals surface area contributed by atoms with Gasteiger partial charge in [-0.05, 0) is 46.2 Å². The molecule has 0 aliphatic carbocycles. The number of benzene rings is 1. The van der Waals surface area contributed by atoms with Crippen LogP contribution in [0.1, 0.15) is 0 Å². The van der Waals surface area contributed by atoms with Crippen LogP contribution < -0.4 is 5.73 Å². The van der Waals surface area contributed by atoms with Gasteiger partial charge in [0.05, 0.1) is 0 Å². The molecular weight excluding hydrogens is 288 g/mol. The van der Waals surface area contributed by atoms with Crippen molar-refractivity contribution in [3.8, 4) is 0 Å². The van der Waals surface area contributed by atoms with E-state index in [9.17, 15) is 4.39 Å². The van der Waals surface area contributed by atoms with Gasteiger partial charge in [0.15, 0.2) is 5.13 Å². The number of thiophene rings is 1. The van der Waals surface area contributed by atoms with Crippen LogP contribution in [0.5, 0.6) is 0 Å². The van der Waals surface area contributed by atoms with Crippen molar-refractivity contribution >= 4 is 49.7 Å². The van der Waals surface area contributed by atoms with Crippen LogP contribution in [0.4, 0.5) is 10.1 Å². The zero-order chi connectivity index (χ0) is 8.72. The molecule has 4 heteroatoms. The Labute approximate surface area is 86.5 Å². The summed E-state index contributed by atoms with van der Waals surface area (Å²) < 4.78 is 14.6. The zero-order valence-corrected chi connectivity index (χ0v) is 8.95. The van der Waals surface area contributed by atoms with Crippen molar-refractivity contribution < 1.29 is 4.39 Å². The summed E-state index contributed by atoms with van der Waals surface area (Å²) in [5, 5.41) is 0.766. The van der Waals surface area contributed by atoms with Crippen LogP contribution in [-0.4, -0.2) is 0 Å². The van der Waals surface area contributed by atoms with Crippen molar-refractivity contribution in [2.75, 3.05) is 5.73 Å². The summed E-state index contributed by atoms with van der Waals surface area (Å²) in [4.78, 5) is 0. The fraction of sp³-hybridized carbons (Fsp3) is 0. The van der Waals surface area contributed by atoms with E-state index in [1.165, 1.54) is 6.07 Å². The third kappa shape index (κ3) is 1.29. The van der Waals surface area contributed by atoms with E-state index >= 15 is 0 Å². The van der Waals surface area contributed by atoms with Gasteiger partial charge in [-0.25, -0.2) is 0 Å². The standard InChI is InChI=1S/C8H5FINS/c9-8-2-4-1-5(10)6(11)3-7(4)12-8/h1-3H,11H2. The lowest BCUT2D eigenvalue weighted by Gasteiger charge is -1.96. The van der Waals surface area contributed by atoms with Gasteiger partial charge in [-0.1, -0.05) is 0 Å². The van der Waals surface area contributed by atoms with Crippen LogP contribution >= 0.6 is 33.9 Å². The van der Waals surface area contributed by atoms with Crippen LogP contribution in [0.25, 0.3) is 10.1 Å². The van der Waals surface area contributed by atoms with E-state index in [2.05, 4.69) is 22.6 Å². The monoisotopic (exact) mass is 293 g/mol. The Morgan fingerprint density at radius 2 is 2.08 bits per heavy atom. The first-order valence-corrected chi connectivity index (χ1v) is 5.20. The number of nitrogen functional groups attached to an aromatic ring is 1.